The van der Waals surface area contributed by atoms with Gasteiger partial charge in [-0.25, -0.2) is 18.7 Å². The summed E-state index contributed by atoms with van der Waals surface area (Å²) in [5.41, 5.74) is -0.756. The molecular formula is C24H29F2N5O. The summed E-state index contributed by atoms with van der Waals surface area (Å²) in [6.07, 6.45) is 3.98. The standard InChI is InChI=1S/C24H29F2N5O/c1-23(16-30-12-7-18(23)8-13-30)29-21(32)24(26)9-14-31(15-10-24)22-27-11-6-20(28-22)17-2-4-19(25)5-3-17/h2-6,11,18H,7-10,12-16H2,1H3,(H,29,32). The lowest BCUT2D eigenvalue weighted by atomic mass is 9.73. The lowest BCUT2D eigenvalue weighted by Gasteiger charge is -2.52. The molecule has 0 spiro atoms. The van der Waals surface area contributed by atoms with Crippen molar-refractivity contribution >= 4 is 11.9 Å². The van der Waals surface area contributed by atoms with Crippen LogP contribution in [0.3, 0.4) is 0 Å². The molecule has 4 aliphatic rings. The van der Waals surface area contributed by atoms with Crippen molar-refractivity contribution in [3.63, 3.8) is 0 Å². The molecule has 5 heterocycles. The van der Waals surface area contributed by atoms with Crippen LogP contribution in [0.2, 0.25) is 0 Å². The van der Waals surface area contributed by atoms with Gasteiger partial charge in [0.1, 0.15) is 5.82 Å². The molecule has 32 heavy (non-hydrogen) atoms. The maximum Gasteiger partial charge on any atom is 0.258 e. The fourth-order valence-electron chi connectivity index (χ4n) is 5.41. The number of anilines is 1. The quantitative estimate of drug-likeness (QED) is 0.790. The molecule has 2 aromatic rings. The van der Waals surface area contributed by atoms with Gasteiger partial charge in [-0.05, 0) is 69.1 Å². The number of carbonyl (C=O) groups excluding carboxylic acids is 1. The topological polar surface area (TPSA) is 61.4 Å². The molecule has 6 nitrogen and oxygen atoms in total. The van der Waals surface area contributed by atoms with Crippen molar-refractivity contribution in [3.8, 4) is 11.3 Å². The van der Waals surface area contributed by atoms with Crippen molar-refractivity contribution in [1.82, 2.24) is 20.2 Å². The molecule has 170 valence electrons. The van der Waals surface area contributed by atoms with Crippen LogP contribution in [-0.2, 0) is 4.79 Å². The van der Waals surface area contributed by atoms with Gasteiger partial charge in [0.25, 0.3) is 5.91 Å². The normalized spacial score (nSPS) is 29.0. The highest BCUT2D eigenvalue weighted by atomic mass is 19.1. The van der Waals surface area contributed by atoms with Gasteiger partial charge < -0.3 is 15.1 Å². The minimum absolute atomic E-state index is 0.105. The molecule has 1 unspecified atom stereocenters. The van der Waals surface area contributed by atoms with Crippen molar-refractivity contribution in [2.24, 2.45) is 5.92 Å². The lowest BCUT2D eigenvalue weighted by Crippen LogP contribution is -2.68. The molecule has 4 saturated heterocycles. The molecule has 1 aromatic carbocycles. The highest BCUT2D eigenvalue weighted by molar-refractivity contribution is 5.86. The second kappa shape index (κ2) is 8.06. The van der Waals surface area contributed by atoms with Crippen molar-refractivity contribution in [2.75, 3.05) is 37.6 Å². The van der Waals surface area contributed by atoms with E-state index in [0.29, 0.717) is 30.6 Å². The lowest BCUT2D eigenvalue weighted by molar-refractivity contribution is -0.139. The summed E-state index contributed by atoms with van der Waals surface area (Å²) in [5, 5.41) is 3.09. The second-order valence-electron chi connectivity index (χ2n) is 9.62. The summed E-state index contributed by atoms with van der Waals surface area (Å²) < 4.78 is 28.9. The zero-order valence-corrected chi connectivity index (χ0v) is 18.4. The molecule has 0 saturated carbocycles. The molecule has 8 heteroatoms. The van der Waals surface area contributed by atoms with Crippen molar-refractivity contribution in [2.45, 2.75) is 43.8 Å². The highest BCUT2D eigenvalue weighted by Gasteiger charge is 2.49. The van der Waals surface area contributed by atoms with Gasteiger partial charge in [0.05, 0.1) is 11.2 Å². The van der Waals surface area contributed by atoms with Gasteiger partial charge in [0.15, 0.2) is 5.67 Å². The number of rotatable bonds is 4. The molecule has 1 amide bonds. The van der Waals surface area contributed by atoms with Crippen molar-refractivity contribution < 1.29 is 13.6 Å². The molecule has 1 aromatic heterocycles. The Morgan fingerprint density at radius 2 is 1.78 bits per heavy atom. The molecule has 2 bridgehead atoms. The fraction of sp³-hybridized carbons (Fsp3) is 0.542. The number of halogens is 2. The third-order valence-corrected chi connectivity index (χ3v) is 7.47. The maximum atomic E-state index is 15.7. The summed E-state index contributed by atoms with van der Waals surface area (Å²) in [6, 6.07) is 7.89. The first-order valence-corrected chi connectivity index (χ1v) is 11.4. The highest BCUT2D eigenvalue weighted by Crippen LogP contribution is 2.37. The summed E-state index contributed by atoms with van der Waals surface area (Å²) >= 11 is 0. The van der Waals surface area contributed by atoms with Crippen LogP contribution in [0.25, 0.3) is 11.3 Å². The summed E-state index contributed by atoms with van der Waals surface area (Å²) in [4.78, 5) is 26.2. The van der Waals surface area contributed by atoms with Gasteiger partial charge in [-0.2, -0.15) is 0 Å². The van der Waals surface area contributed by atoms with Crippen LogP contribution in [0, 0.1) is 11.7 Å². The van der Waals surface area contributed by atoms with Crippen LogP contribution in [0.5, 0.6) is 0 Å². The Balaban J connectivity index is 1.24. The third kappa shape index (κ3) is 3.96. The first kappa shape index (κ1) is 21.2. The minimum Gasteiger partial charge on any atom is -0.347 e. The molecule has 1 N–H and O–H groups in total. The number of benzene rings is 1. The smallest absolute Gasteiger partial charge is 0.258 e. The number of nitrogens with one attached hydrogen (secondary N) is 1. The van der Waals surface area contributed by atoms with E-state index in [9.17, 15) is 9.18 Å². The molecule has 1 atom stereocenters. The van der Waals surface area contributed by atoms with E-state index >= 15 is 4.39 Å². The molecular weight excluding hydrogens is 412 g/mol. The Kier molecular flexibility index (Phi) is 5.35. The van der Waals surface area contributed by atoms with E-state index in [-0.39, 0.29) is 24.2 Å². The zero-order chi connectivity index (χ0) is 22.3. The number of carbonyl (C=O) groups is 1. The number of fused-ring (bicyclic) bond motifs is 3. The number of hydrogen-bond donors (Lipinski definition) is 1. The summed E-state index contributed by atoms with van der Waals surface area (Å²) in [6.45, 7) is 5.74. The molecule has 4 fully saturated rings. The Morgan fingerprint density at radius 1 is 1.09 bits per heavy atom. The van der Waals surface area contributed by atoms with Crippen LogP contribution < -0.4 is 10.2 Å². The van der Waals surface area contributed by atoms with Gasteiger partial charge in [-0.1, -0.05) is 0 Å². The van der Waals surface area contributed by atoms with E-state index in [1.165, 1.54) is 12.1 Å². The number of hydrogen-bond acceptors (Lipinski definition) is 5. The average Bonchev–Trinajstić information content (AvgIpc) is 2.80. The maximum absolute atomic E-state index is 15.7. The Bertz CT molecular complexity index is 984. The van der Waals surface area contributed by atoms with Crippen LogP contribution in [0.1, 0.15) is 32.6 Å². The van der Waals surface area contributed by atoms with E-state index in [4.69, 9.17) is 0 Å². The molecule has 0 aliphatic carbocycles. The predicted molar refractivity (Wildman–Crippen MR) is 118 cm³/mol. The van der Waals surface area contributed by atoms with E-state index in [1.54, 1.807) is 24.4 Å². The molecule has 4 aliphatic heterocycles. The van der Waals surface area contributed by atoms with Gasteiger partial charge in [-0.15, -0.1) is 0 Å². The minimum atomic E-state index is -1.87. The summed E-state index contributed by atoms with van der Waals surface area (Å²) in [5.74, 6) is 0.138. The van der Waals surface area contributed by atoms with Gasteiger partial charge in [0, 0.05) is 44.2 Å². The van der Waals surface area contributed by atoms with Crippen molar-refractivity contribution in [1.29, 1.82) is 0 Å². The monoisotopic (exact) mass is 441 g/mol. The predicted octanol–water partition coefficient (Wildman–Crippen LogP) is 3.19. The summed E-state index contributed by atoms with van der Waals surface area (Å²) in [7, 11) is 0. The van der Waals surface area contributed by atoms with E-state index in [2.05, 4.69) is 27.1 Å². The van der Waals surface area contributed by atoms with E-state index < -0.39 is 11.6 Å². The Morgan fingerprint density at radius 3 is 2.41 bits per heavy atom. The third-order valence-electron chi connectivity index (χ3n) is 7.47. The SMILES string of the molecule is CC1(NC(=O)C2(F)CCN(c3nccc(-c4ccc(F)cc4)n3)CC2)CN2CCC1CC2. The number of alkyl halides is 1. The van der Waals surface area contributed by atoms with E-state index in [1.807, 2.05) is 4.90 Å². The largest absolute Gasteiger partial charge is 0.347 e. The zero-order valence-electron chi connectivity index (χ0n) is 18.4. The average molecular weight is 442 g/mol. The van der Waals surface area contributed by atoms with Crippen LogP contribution in [0.15, 0.2) is 36.5 Å². The van der Waals surface area contributed by atoms with Crippen LogP contribution in [-0.4, -0.2) is 64.7 Å². The first-order valence-electron chi connectivity index (χ1n) is 11.4. The molecule has 6 rings (SSSR count). The van der Waals surface area contributed by atoms with Gasteiger partial charge in [0.2, 0.25) is 5.95 Å². The van der Waals surface area contributed by atoms with Crippen molar-refractivity contribution in [3.05, 3.63) is 42.3 Å². The number of amides is 1. The fourth-order valence-corrected chi connectivity index (χ4v) is 5.41. The van der Waals surface area contributed by atoms with Crippen LogP contribution >= 0.6 is 0 Å². The number of aromatic nitrogens is 2. The van der Waals surface area contributed by atoms with Gasteiger partial charge >= 0.3 is 0 Å². The number of piperidine rings is 4. The first-order chi connectivity index (χ1) is 15.3. The second-order valence-corrected chi connectivity index (χ2v) is 9.62. The van der Waals surface area contributed by atoms with Gasteiger partial charge in [-0.3, -0.25) is 4.79 Å². The Hall–Kier alpha value is -2.61. The number of nitrogens with zero attached hydrogens (tertiary/aromatic N) is 4. The van der Waals surface area contributed by atoms with E-state index in [0.717, 1.165) is 38.0 Å². The molecule has 0 radical (unpaired) electrons. The van der Waals surface area contributed by atoms with Crippen LogP contribution in [0.4, 0.5) is 14.7 Å². The Labute approximate surface area is 187 Å².